The summed E-state index contributed by atoms with van der Waals surface area (Å²) in [5.74, 6) is 0. The van der Waals surface area contributed by atoms with Gasteiger partial charge in [-0.15, -0.1) is 20.4 Å². The molecule has 0 N–H and O–H groups in total. The normalized spacial score (nSPS) is 11.1. The number of benzene rings is 9. The van der Waals surface area contributed by atoms with Crippen molar-refractivity contribution in [1.29, 1.82) is 0 Å². The van der Waals surface area contributed by atoms with Crippen molar-refractivity contribution in [1.82, 2.24) is 30.4 Å². The third kappa shape index (κ3) is 10.4. The number of nitrogens with zero attached hydrogens (tertiary/aromatic N) is 6. The van der Waals surface area contributed by atoms with Gasteiger partial charge in [0.1, 0.15) is 22.4 Å². The average molecular weight is 1000 g/mol. The number of rotatable bonds is 6. The van der Waals surface area contributed by atoms with E-state index >= 15 is 0 Å². The maximum absolute atomic E-state index is 6.12. The van der Waals surface area contributed by atoms with Crippen LogP contribution in [0.4, 0.5) is 0 Å². The van der Waals surface area contributed by atoms with Gasteiger partial charge >= 0.3 is 41.5 Å². The number of aromatic nitrogens is 6. The van der Waals surface area contributed by atoms with Crippen LogP contribution in [0.5, 0.6) is 0 Å². The first kappa shape index (κ1) is 44.9. The molecule has 6 nitrogen and oxygen atoms in total. The van der Waals surface area contributed by atoms with E-state index in [0.29, 0.717) is 11.4 Å². The molecule has 2 heterocycles. The van der Waals surface area contributed by atoms with E-state index in [4.69, 9.17) is 53.5 Å². The molecule has 12 heteroatoms. The van der Waals surface area contributed by atoms with E-state index in [1.54, 1.807) is 0 Å². The van der Waals surface area contributed by atoms with Crippen molar-refractivity contribution in [3.05, 3.63) is 217 Å². The topological polar surface area (TPSA) is 77.3 Å². The van der Waals surface area contributed by atoms with E-state index in [2.05, 4.69) is 164 Å². The number of fused-ring (bicyclic) bond motifs is 6. The summed E-state index contributed by atoms with van der Waals surface area (Å²) in [5, 5.41) is 21.3. The maximum atomic E-state index is 6.12. The molecule has 0 aliphatic rings. The first-order chi connectivity index (χ1) is 32.3. The molecule has 0 atom stereocenters. The van der Waals surface area contributed by atoms with Crippen LogP contribution in [0, 0.1) is 0 Å². The van der Waals surface area contributed by atoms with E-state index in [9.17, 15) is 0 Å². The average Bonchev–Trinajstić information content (AvgIpc) is 3.37. The van der Waals surface area contributed by atoms with Crippen LogP contribution in [-0.2, 0) is 11.2 Å². The quantitative estimate of drug-likeness (QED) is 0.122. The molecule has 66 heavy (non-hydrogen) atoms. The Morgan fingerprint density at radius 2 is 0.591 bits per heavy atom. The second kappa shape index (κ2) is 20.9. The molecular weight excluding hydrogens is 966 g/mol. The van der Waals surface area contributed by atoms with Crippen LogP contribution in [0.25, 0.3) is 99.6 Å². The van der Waals surface area contributed by atoms with Gasteiger partial charge in [0, 0.05) is 21.9 Å². The Labute approximate surface area is 408 Å². The van der Waals surface area contributed by atoms with E-state index in [-0.39, 0.29) is 10.6 Å². The summed E-state index contributed by atoms with van der Waals surface area (Å²) in [4.78, 5) is 9.02. The van der Waals surface area contributed by atoms with Gasteiger partial charge in [-0.25, -0.2) is 9.97 Å². The number of halogens is 5. The van der Waals surface area contributed by atoms with Crippen LogP contribution in [0.2, 0.25) is 10.6 Å². The van der Waals surface area contributed by atoms with Crippen LogP contribution in [-0.4, -0.2) is 30.4 Å². The molecule has 0 spiro atoms. The van der Waals surface area contributed by atoms with Crippen LogP contribution in [0.1, 0.15) is 0 Å². The molecule has 0 radical (unpaired) electrons. The van der Waals surface area contributed by atoms with Gasteiger partial charge in [0.25, 0.3) is 0 Å². The van der Waals surface area contributed by atoms with Crippen molar-refractivity contribution in [3.63, 3.8) is 0 Å². The first-order valence-electron chi connectivity index (χ1n) is 20.5. The summed E-state index contributed by atoms with van der Waals surface area (Å²) in [6, 6.07) is 70.8. The van der Waals surface area contributed by atoms with E-state index in [1.165, 1.54) is 22.3 Å². The third-order valence-electron chi connectivity index (χ3n) is 10.9. The van der Waals surface area contributed by atoms with Crippen molar-refractivity contribution in [3.8, 4) is 67.0 Å². The summed E-state index contributed by atoms with van der Waals surface area (Å²) in [7, 11) is 14.7. The zero-order valence-electron chi connectivity index (χ0n) is 34.6. The molecule has 0 saturated heterocycles. The monoisotopic (exact) mass is 997 g/mol. The molecule has 0 bridgehead atoms. The van der Waals surface area contributed by atoms with Gasteiger partial charge in [0.15, 0.2) is 0 Å². The fourth-order valence-electron chi connectivity index (χ4n) is 7.85. The molecule has 9 aromatic carbocycles. The summed E-state index contributed by atoms with van der Waals surface area (Å²) >= 11 is 10.9. The molecule has 0 amide bonds. The minimum atomic E-state index is -1.33. The Kier molecular flexibility index (Phi) is 14.2. The predicted octanol–water partition coefficient (Wildman–Crippen LogP) is 16.6. The predicted molar refractivity (Wildman–Crippen MR) is 272 cm³/mol. The molecule has 0 aliphatic heterocycles. The molecular formula is C54H34Cl5FeN6. The van der Waals surface area contributed by atoms with Gasteiger partial charge in [-0.05, 0) is 90.6 Å². The zero-order valence-corrected chi connectivity index (χ0v) is 39.4. The van der Waals surface area contributed by atoms with Crippen LogP contribution in [0.15, 0.2) is 206 Å². The second-order valence-electron chi connectivity index (χ2n) is 14.8. The van der Waals surface area contributed by atoms with Gasteiger partial charge in [-0.3, -0.25) is 0 Å². The Morgan fingerprint density at radius 3 is 1.03 bits per heavy atom. The molecule has 11 rings (SSSR count). The number of hydrogen-bond donors (Lipinski definition) is 0. The molecule has 323 valence electrons. The molecule has 11 aromatic rings. The second-order valence-corrected chi connectivity index (χ2v) is 21.0. The Morgan fingerprint density at radius 1 is 0.273 bits per heavy atom. The first-order valence-corrected chi connectivity index (χ1v) is 25.8. The summed E-state index contributed by atoms with van der Waals surface area (Å²) in [6.45, 7) is 0. The Bertz CT molecular complexity index is 3400. The Balaban J connectivity index is 0.000000154. The summed E-state index contributed by atoms with van der Waals surface area (Å²) in [6.07, 6.45) is 0. The molecule has 0 unspecified atom stereocenters. The summed E-state index contributed by atoms with van der Waals surface area (Å²) < 4.78 is 0. The summed E-state index contributed by atoms with van der Waals surface area (Å²) in [5.41, 5.74) is 14.2. The van der Waals surface area contributed by atoms with E-state index < -0.39 is 11.2 Å². The van der Waals surface area contributed by atoms with Gasteiger partial charge in [-0.2, -0.15) is 0 Å². The van der Waals surface area contributed by atoms with Crippen molar-refractivity contribution in [2.45, 2.75) is 0 Å². The minimum absolute atomic E-state index is 0.131. The fourth-order valence-corrected chi connectivity index (χ4v) is 8.09. The van der Waals surface area contributed by atoms with Crippen molar-refractivity contribution in [2.75, 3.05) is 0 Å². The van der Waals surface area contributed by atoms with Crippen LogP contribution >= 0.6 is 53.5 Å². The molecule has 2 aromatic heterocycles. The zero-order chi connectivity index (χ0) is 45.4. The molecule has 0 fully saturated rings. The molecule has 0 saturated carbocycles. The van der Waals surface area contributed by atoms with Crippen molar-refractivity contribution in [2.24, 2.45) is 0 Å². The molecule has 0 aliphatic carbocycles. The standard InChI is InChI=1S/C27H16ClN3.C27H18ClN3.3ClH.Fe/c28-27-29-25-21-13-11-19(17-7-3-1-4-8-17)15-23(21)24-16-20(18-9-5-2-6-10-18)12-14-22(24)26(25)30-31-27;28-27-29-25(23-15-11-21(12-16-23)19-7-3-1-4-8-19)26(30-31-27)24-17-13-22(14-18-24)20-9-5-2-6-10-20;;;;/h1-16H;1-18H;3*1H;/q;;;;;+3/p-3. The van der Waals surface area contributed by atoms with Crippen molar-refractivity contribution < 1.29 is 11.2 Å². The van der Waals surface area contributed by atoms with E-state index in [0.717, 1.165) is 66.0 Å². The Hall–Kier alpha value is -6.25. The number of hydrogen-bond acceptors (Lipinski definition) is 6. The fraction of sp³-hybridized carbons (Fsp3) is 0. The van der Waals surface area contributed by atoms with E-state index in [1.807, 2.05) is 72.8 Å². The van der Waals surface area contributed by atoms with Gasteiger partial charge < -0.3 is 0 Å². The van der Waals surface area contributed by atoms with Gasteiger partial charge in [0.05, 0.1) is 0 Å². The van der Waals surface area contributed by atoms with Gasteiger partial charge in [-0.1, -0.05) is 194 Å². The SMILES string of the molecule is Clc1nnc(-c2ccc(-c3ccccc3)cc2)c(-c2ccc(-c3ccccc3)cc2)n1.Clc1nnc2c3ccc(-c4ccccc4)cc3c3cc(-c4ccccc4)ccc3c2n1.[Cl][Fe]([Cl])[Cl]. The third-order valence-corrected chi connectivity index (χ3v) is 11.2. The van der Waals surface area contributed by atoms with Crippen LogP contribution < -0.4 is 0 Å². The van der Waals surface area contributed by atoms with Crippen molar-refractivity contribution >= 4 is 86.1 Å². The van der Waals surface area contributed by atoms with Gasteiger partial charge in [0.2, 0.25) is 10.6 Å². The van der Waals surface area contributed by atoms with Crippen LogP contribution in [0.3, 0.4) is 0 Å².